The SMILES string of the molecule is CNc1cc(C(=O)Nc2cc(F)ccc2Br)ccn1. The number of hydrogen-bond acceptors (Lipinski definition) is 3. The van der Waals surface area contributed by atoms with Crippen molar-refractivity contribution in [1.29, 1.82) is 0 Å². The summed E-state index contributed by atoms with van der Waals surface area (Å²) < 4.78 is 13.7. The molecule has 0 saturated carbocycles. The van der Waals surface area contributed by atoms with E-state index in [0.717, 1.165) is 0 Å². The molecule has 2 aromatic rings. The predicted octanol–water partition coefficient (Wildman–Crippen LogP) is 3.28. The summed E-state index contributed by atoms with van der Waals surface area (Å²) in [5.74, 6) is -0.152. The van der Waals surface area contributed by atoms with Crippen LogP contribution >= 0.6 is 15.9 Å². The summed E-state index contributed by atoms with van der Waals surface area (Å²) in [7, 11) is 1.72. The summed E-state index contributed by atoms with van der Waals surface area (Å²) in [4.78, 5) is 16.1. The van der Waals surface area contributed by atoms with E-state index in [2.05, 4.69) is 31.5 Å². The van der Waals surface area contributed by atoms with E-state index < -0.39 is 5.82 Å². The number of rotatable bonds is 3. The Bertz CT molecular complexity index is 619. The number of amides is 1. The van der Waals surface area contributed by atoms with Gasteiger partial charge >= 0.3 is 0 Å². The molecule has 1 heterocycles. The Morgan fingerprint density at radius 3 is 2.84 bits per heavy atom. The molecule has 0 aliphatic rings. The fraction of sp³-hybridized carbons (Fsp3) is 0.0769. The first-order chi connectivity index (χ1) is 9.10. The van der Waals surface area contributed by atoms with Gasteiger partial charge < -0.3 is 10.6 Å². The van der Waals surface area contributed by atoms with Gasteiger partial charge in [-0.25, -0.2) is 9.37 Å². The van der Waals surface area contributed by atoms with E-state index in [0.29, 0.717) is 21.5 Å². The minimum atomic E-state index is -0.413. The molecule has 2 rings (SSSR count). The van der Waals surface area contributed by atoms with E-state index in [9.17, 15) is 9.18 Å². The number of aromatic nitrogens is 1. The van der Waals surface area contributed by atoms with Crippen LogP contribution in [-0.2, 0) is 0 Å². The number of carbonyl (C=O) groups excluding carboxylic acids is 1. The molecule has 0 fully saturated rings. The standard InChI is InChI=1S/C13H11BrFN3O/c1-16-12-6-8(4-5-17-12)13(19)18-11-7-9(15)2-3-10(11)14/h2-7H,1H3,(H,16,17)(H,18,19). The van der Waals surface area contributed by atoms with Crippen LogP contribution in [0.5, 0.6) is 0 Å². The molecule has 1 aromatic heterocycles. The third-order valence-corrected chi connectivity index (χ3v) is 3.15. The molecule has 0 radical (unpaired) electrons. The quantitative estimate of drug-likeness (QED) is 0.911. The molecule has 0 unspecified atom stereocenters. The molecule has 6 heteroatoms. The van der Waals surface area contributed by atoms with Crippen LogP contribution in [0.2, 0.25) is 0 Å². The maximum Gasteiger partial charge on any atom is 0.255 e. The zero-order valence-electron chi connectivity index (χ0n) is 10.1. The maximum atomic E-state index is 13.1. The summed E-state index contributed by atoms with van der Waals surface area (Å²) in [6.07, 6.45) is 1.53. The van der Waals surface area contributed by atoms with Crippen molar-refractivity contribution >= 4 is 33.3 Å². The molecule has 0 spiro atoms. The van der Waals surface area contributed by atoms with E-state index >= 15 is 0 Å². The molecule has 0 aliphatic carbocycles. The summed E-state index contributed by atoms with van der Waals surface area (Å²) >= 11 is 3.25. The zero-order chi connectivity index (χ0) is 13.8. The second-order valence-electron chi connectivity index (χ2n) is 3.76. The third kappa shape index (κ3) is 3.29. The number of pyridine rings is 1. The lowest BCUT2D eigenvalue weighted by Gasteiger charge is -2.08. The smallest absolute Gasteiger partial charge is 0.255 e. The van der Waals surface area contributed by atoms with Gasteiger partial charge in [-0.05, 0) is 46.3 Å². The van der Waals surface area contributed by atoms with Crippen LogP contribution in [0, 0.1) is 5.82 Å². The second-order valence-corrected chi connectivity index (χ2v) is 4.61. The van der Waals surface area contributed by atoms with Gasteiger partial charge in [0, 0.05) is 23.3 Å². The highest BCUT2D eigenvalue weighted by Gasteiger charge is 2.09. The molecule has 19 heavy (non-hydrogen) atoms. The molecular formula is C13H11BrFN3O. The van der Waals surface area contributed by atoms with E-state index in [-0.39, 0.29) is 5.91 Å². The largest absolute Gasteiger partial charge is 0.373 e. The van der Waals surface area contributed by atoms with Gasteiger partial charge in [-0.2, -0.15) is 0 Å². The van der Waals surface area contributed by atoms with Gasteiger partial charge in [0.2, 0.25) is 0 Å². The normalized spacial score (nSPS) is 10.1. The molecule has 0 saturated heterocycles. The maximum absolute atomic E-state index is 13.1. The zero-order valence-corrected chi connectivity index (χ0v) is 11.7. The number of nitrogens with zero attached hydrogens (tertiary/aromatic N) is 1. The third-order valence-electron chi connectivity index (χ3n) is 2.45. The molecular weight excluding hydrogens is 313 g/mol. The molecule has 4 nitrogen and oxygen atoms in total. The van der Waals surface area contributed by atoms with Crippen molar-refractivity contribution in [1.82, 2.24) is 4.98 Å². The van der Waals surface area contributed by atoms with Gasteiger partial charge in [0.1, 0.15) is 11.6 Å². The topological polar surface area (TPSA) is 54.0 Å². The number of benzene rings is 1. The van der Waals surface area contributed by atoms with Gasteiger partial charge in [0.25, 0.3) is 5.91 Å². The Morgan fingerprint density at radius 2 is 2.11 bits per heavy atom. The van der Waals surface area contributed by atoms with Crippen LogP contribution in [0.4, 0.5) is 15.9 Å². The Labute approximate surface area is 118 Å². The summed E-state index contributed by atoms with van der Waals surface area (Å²) in [6.45, 7) is 0. The monoisotopic (exact) mass is 323 g/mol. The van der Waals surface area contributed by atoms with Gasteiger partial charge in [-0.3, -0.25) is 4.79 Å². The van der Waals surface area contributed by atoms with E-state index in [1.165, 1.54) is 24.4 Å². The number of hydrogen-bond donors (Lipinski definition) is 2. The van der Waals surface area contributed by atoms with Crippen LogP contribution in [0.25, 0.3) is 0 Å². The fourth-order valence-corrected chi connectivity index (χ4v) is 1.84. The molecule has 98 valence electrons. The van der Waals surface area contributed by atoms with E-state index in [4.69, 9.17) is 0 Å². The van der Waals surface area contributed by atoms with Crippen LogP contribution in [0.1, 0.15) is 10.4 Å². The van der Waals surface area contributed by atoms with E-state index in [1.807, 2.05) is 0 Å². The van der Waals surface area contributed by atoms with Crippen LogP contribution in [-0.4, -0.2) is 17.9 Å². The molecule has 0 atom stereocenters. The lowest BCUT2D eigenvalue weighted by molar-refractivity contribution is 0.102. The fourth-order valence-electron chi connectivity index (χ4n) is 1.50. The van der Waals surface area contributed by atoms with Crippen LogP contribution < -0.4 is 10.6 Å². The first-order valence-corrected chi connectivity index (χ1v) is 6.29. The van der Waals surface area contributed by atoms with Gasteiger partial charge in [-0.15, -0.1) is 0 Å². The van der Waals surface area contributed by atoms with Gasteiger partial charge in [-0.1, -0.05) is 0 Å². The Kier molecular flexibility index (Phi) is 4.11. The van der Waals surface area contributed by atoms with Gasteiger partial charge in [0.05, 0.1) is 5.69 Å². The average molecular weight is 324 g/mol. The number of halogens is 2. The number of anilines is 2. The van der Waals surface area contributed by atoms with Crippen molar-refractivity contribution < 1.29 is 9.18 Å². The Morgan fingerprint density at radius 1 is 1.32 bits per heavy atom. The van der Waals surface area contributed by atoms with Crippen molar-refractivity contribution in [3.8, 4) is 0 Å². The predicted molar refractivity (Wildman–Crippen MR) is 75.8 cm³/mol. The average Bonchev–Trinajstić information content (AvgIpc) is 2.43. The first kappa shape index (κ1) is 13.5. The van der Waals surface area contributed by atoms with Crippen molar-refractivity contribution in [3.05, 3.63) is 52.4 Å². The second kappa shape index (κ2) is 5.79. The minimum absolute atomic E-state index is 0.329. The molecule has 1 aromatic carbocycles. The molecule has 2 N–H and O–H groups in total. The summed E-state index contributed by atoms with van der Waals surface area (Å²) in [5.41, 5.74) is 0.823. The van der Waals surface area contributed by atoms with Crippen molar-refractivity contribution in [2.75, 3.05) is 17.7 Å². The Hall–Kier alpha value is -1.95. The van der Waals surface area contributed by atoms with E-state index in [1.54, 1.807) is 19.2 Å². The lowest BCUT2D eigenvalue weighted by Crippen LogP contribution is -2.13. The molecule has 0 aliphatic heterocycles. The summed E-state index contributed by atoms with van der Waals surface area (Å²) in [6, 6.07) is 7.30. The van der Waals surface area contributed by atoms with Gasteiger partial charge in [0.15, 0.2) is 0 Å². The minimum Gasteiger partial charge on any atom is -0.373 e. The highest BCUT2D eigenvalue weighted by Crippen LogP contribution is 2.23. The van der Waals surface area contributed by atoms with Crippen LogP contribution in [0.3, 0.4) is 0 Å². The molecule has 0 bridgehead atoms. The van der Waals surface area contributed by atoms with Crippen molar-refractivity contribution in [3.63, 3.8) is 0 Å². The number of carbonyl (C=O) groups is 1. The van der Waals surface area contributed by atoms with Crippen LogP contribution in [0.15, 0.2) is 41.0 Å². The lowest BCUT2D eigenvalue weighted by atomic mass is 10.2. The first-order valence-electron chi connectivity index (χ1n) is 5.50. The number of nitrogens with one attached hydrogen (secondary N) is 2. The highest BCUT2D eigenvalue weighted by molar-refractivity contribution is 9.10. The highest BCUT2D eigenvalue weighted by atomic mass is 79.9. The summed E-state index contributed by atoms with van der Waals surface area (Å²) in [5, 5.41) is 5.48. The van der Waals surface area contributed by atoms with Crippen molar-refractivity contribution in [2.24, 2.45) is 0 Å². The Balaban J connectivity index is 2.22. The van der Waals surface area contributed by atoms with Crippen molar-refractivity contribution in [2.45, 2.75) is 0 Å². The molecule has 1 amide bonds.